The minimum Gasteiger partial charge on any atom is -0.452 e. The number of non-ortho nitro benzene ring substituents is 1. The molecule has 0 saturated heterocycles. The van der Waals surface area contributed by atoms with Crippen LogP contribution in [0.4, 0.5) is 24.5 Å². The van der Waals surface area contributed by atoms with Gasteiger partial charge in [0.15, 0.2) is 6.61 Å². The Morgan fingerprint density at radius 1 is 1.11 bits per heavy atom. The molecule has 0 saturated carbocycles. The molecule has 28 heavy (non-hydrogen) atoms. The highest BCUT2D eigenvalue weighted by atomic mass is 19.4. The first-order chi connectivity index (χ1) is 13.0. The number of rotatable bonds is 5. The molecule has 0 unspecified atom stereocenters. The monoisotopic (exact) mass is 396 g/mol. The number of ether oxygens (including phenoxy) is 1. The first-order valence-corrected chi connectivity index (χ1v) is 7.88. The van der Waals surface area contributed by atoms with E-state index in [0.29, 0.717) is 6.07 Å². The van der Waals surface area contributed by atoms with Crippen LogP contribution in [0.15, 0.2) is 36.4 Å². The molecular formula is C18H15F3N2O5. The highest BCUT2D eigenvalue weighted by molar-refractivity contribution is 5.96. The van der Waals surface area contributed by atoms with E-state index in [1.165, 1.54) is 0 Å². The fourth-order valence-electron chi connectivity index (χ4n) is 2.48. The lowest BCUT2D eigenvalue weighted by Gasteiger charge is -2.13. The molecule has 0 spiro atoms. The summed E-state index contributed by atoms with van der Waals surface area (Å²) in [6.07, 6.45) is -4.93. The number of anilines is 1. The summed E-state index contributed by atoms with van der Waals surface area (Å²) in [5, 5.41) is 12.6. The van der Waals surface area contributed by atoms with E-state index in [0.717, 1.165) is 23.3 Å². The van der Waals surface area contributed by atoms with E-state index in [2.05, 4.69) is 0 Å². The van der Waals surface area contributed by atoms with Crippen molar-refractivity contribution in [2.75, 3.05) is 11.9 Å². The van der Waals surface area contributed by atoms with E-state index < -0.39 is 46.5 Å². The normalized spacial score (nSPS) is 11.0. The van der Waals surface area contributed by atoms with Crippen molar-refractivity contribution in [3.05, 3.63) is 68.8 Å². The van der Waals surface area contributed by atoms with Crippen molar-refractivity contribution < 1.29 is 32.4 Å². The minimum absolute atomic E-state index is 0.205. The SMILES string of the molecule is Cc1cc(C)cc(C(=O)OCC(=O)Nc2ccc([N+](=O)[O-])cc2C(F)(F)F)c1. The summed E-state index contributed by atoms with van der Waals surface area (Å²) in [6.45, 7) is 2.72. The second-order valence-corrected chi connectivity index (χ2v) is 5.99. The number of halogens is 3. The zero-order valence-electron chi connectivity index (χ0n) is 14.8. The number of nitrogens with one attached hydrogen (secondary N) is 1. The van der Waals surface area contributed by atoms with Crippen molar-refractivity contribution in [2.45, 2.75) is 20.0 Å². The zero-order valence-corrected chi connectivity index (χ0v) is 14.8. The van der Waals surface area contributed by atoms with Gasteiger partial charge in [0.05, 0.1) is 21.7 Å². The maximum Gasteiger partial charge on any atom is 0.418 e. The van der Waals surface area contributed by atoms with E-state index in [-0.39, 0.29) is 5.56 Å². The quantitative estimate of drug-likeness (QED) is 0.467. The van der Waals surface area contributed by atoms with E-state index in [4.69, 9.17) is 4.74 Å². The Morgan fingerprint density at radius 3 is 2.25 bits per heavy atom. The van der Waals surface area contributed by atoms with Gasteiger partial charge >= 0.3 is 12.1 Å². The fraction of sp³-hybridized carbons (Fsp3) is 0.222. The van der Waals surface area contributed by atoms with Crippen molar-refractivity contribution in [3.63, 3.8) is 0 Å². The van der Waals surface area contributed by atoms with Crippen molar-refractivity contribution in [2.24, 2.45) is 0 Å². The van der Waals surface area contributed by atoms with Crippen LogP contribution in [0, 0.1) is 24.0 Å². The Bertz CT molecular complexity index is 921. The average molecular weight is 396 g/mol. The number of hydrogen-bond acceptors (Lipinski definition) is 5. The van der Waals surface area contributed by atoms with Crippen LogP contribution in [0.25, 0.3) is 0 Å². The van der Waals surface area contributed by atoms with Gasteiger partial charge in [-0.2, -0.15) is 13.2 Å². The molecule has 148 valence electrons. The lowest BCUT2D eigenvalue weighted by molar-refractivity contribution is -0.385. The summed E-state index contributed by atoms with van der Waals surface area (Å²) in [7, 11) is 0. The largest absolute Gasteiger partial charge is 0.452 e. The molecule has 2 rings (SSSR count). The van der Waals surface area contributed by atoms with Crippen LogP contribution in [0.5, 0.6) is 0 Å². The fourth-order valence-corrected chi connectivity index (χ4v) is 2.48. The zero-order chi connectivity index (χ0) is 21.1. The van der Waals surface area contributed by atoms with Crippen molar-refractivity contribution >= 4 is 23.3 Å². The molecule has 0 bridgehead atoms. The molecule has 10 heteroatoms. The number of amides is 1. The average Bonchev–Trinajstić information content (AvgIpc) is 2.58. The van der Waals surface area contributed by atoms with Crippen LogP contribution >= 0.6 is 0 Å². The molecule has 0 fully saturated rings. The number of carbonyl (C=O) groups excluding carboxylic acids is 2. The van der Waals surface area contributed by atoms with Gasteiger partial charge in [0.1, 0.15) is 0 Å². The van der Waals surface area contributed by atoms with Crippen molar-refractivity contribution in [1.82, 2.24) is 0 Å². The first kappa shape index (κ1) is 20.9. The van der Waals surface area contributed by atoms with Crippen LogP contribution < -0.4 is 5.32 Å². The number of nitro groups is 1. The van der Waals surface area contributed by atoms with Gasteiger partial charge in [-0.1, -0.05) is 17.2 Å². The third kappa shape index (κ3) is 5.29. The highest BCUT2D eigenvalue weighted by Crippen LogP contribution is 2.37. The molecule has 7 nitrogen and oxygen atoms in total. The smallest absolute Gasteiger partial charge is 0.418 e. The Labute approximate surface area is 157 Å². The molecule has 1 amide bonds. The van der Waals surface area contributed by atoms with Gasteiger partial charge in [0.25, 0.3) is 11.6 Å². The summed E-state index contributed by atoms with van der Waals surface area (Å²) in [6, 6.07) is 6.83. The number of hydrogen-bond donors (Lipinski definition) is 1. The molecule has 0 aliphatic carbocycles. The molecule has 0 aromatic heterocycles. The standard InChI is InChI=1S/C18H15F3N2O5/c1-10-5-11(2)7-12(6-10)17(25)28-9-16(24)22-15-4-3-13(23(26)27)8-14(15)18(19,20)21/h3-8H,9H2,1-2H3,(H,22,24). The van der Waals surface area contributed by atoms with Gasteiger partial charge in [-0.05, 0) is 32.0 Å². The van der Waals surface area contributed by atoms with E-state index >= 15 is 0 Å². The Kier molecular flexibility index (Phi) is 6.02. The van der Waals surface area contributed by atoms with Crippen LogP contribution in [0.1, 0.15) is 27.0 Å². The Hall–Kier alpha value is -3.43. The predicted octanol–water partition coefficient (Wildman–Crippen LogP) is 4.03. The number of esters is 1. The maximum atomic E-state index is 13.1. The number of carbonyl (C=O) groups is 2. The van der Waals surface area contributed by atoms with Gasteiger partial charge in [-0.25, -0.2) is 4.79 Å². The summed E-state index contributed by atoms with van der Waals surface area (Å²) < 4.78 is 44.1. The maximum absolute atomic E-state index is 13.1. The summed E-state index contributed by atoms with van der Waals surface area (Å²) in [5.74, 6) is -1.82. The van der Waals surface area contributed by atoms with Gasteiger partial charge in [0, 0.05) is 12.1 Å². The van der Waals surface area contributed by atoms with E-state index in [1.54, 1.807) is 26.0 Å². The lowest BCUT2D eigenvalue weighted by atomic mass is 10.1. The number of alkyl halides is 3. The topological polar surface area (TPSA) is 98.5 Å². The molecule has 0 aliphatic heterocycles. The molecule has 0 radical (unpaired) electrons. The van der Waals surface area contributed by atoms with Crippen molar-refractivity contribution in [3.8, 4) is 0 Å². The van der Waals surface area contributed by atoms with Crippen molar-refractivity contribution in [1.29, 1.82) is 0 Å². The minimum atomic E-state index is -4.93. The number of nitro benzene ring substituents is 1. The lowest BCUT2D eigenvalue weighted by Crippen LogP contribution is -2.23. The molecule has 2 aromatic rings. The number of nitrogens with zero attached hydrogens (tertiary/aromatic N) is 1. The molecule has 2 aromatic carbocycles. The van der Waals surface area contributed by atoms with Crippen LogP contribution in [-0.2, 0) is 15.7 Å². The summed E-state index contributed by atoms with van der Waals surface area (Å²) in [4.78, 5) is 33.6. The molecule has 0 heterocycles. The molecule has 0 atom stereocenters. The Morgan fingerprint density at radius 2 is 1.71 bits per heavy atom. The number of benzene rings is 2. The van der Waals surface area contributed by atoms with E-state index in [9.17, 15) is 32.9 Å². The summed E-state index contributed by atoms with van der Waals surface area (Å²) >= 11 is 0. The third-order valence-corrected chi connectivity index (χ3v) is 3.59. The second-order valence-electron chi connectivity index (χ2n) is 5.99. The molecular weight excluding hydrogens is 381 g/mol. The predicted molar refractivity (Wildman–Crippen MR) is 92.9 cm³/mol. The second kappa shape index (κ2) is 8.07. The van der Waals surface area contributed by atoms with Gasteiger partial charge < -0.3 is 10.1 Å². The van der Waals surface area contributed by atoms with Gasteiger partial charge in [-0.3, -0.25) is 14.9 Å². The Balaban J connectivity index is 2.10. The third-order valence-electron chi connectivity index (χ3n) is 3.59. The highest BCUT2D eigenvalue weighted by Gasteiger charge is 2.35. The van der Waals surface area contributed by atoms with Crippen LogP contribution in [-0.4, -0.2) is 23.4 Å². The van der Waals surface area contributed by atoms with Crippen LogP contribution in [0.2, 0.25) is 0 Å². The van der Waals surface area contributed by atoms with E-state index in [1.807, 2.05) is 11.4 Å². The van der Waals surface area contributed by atoms with Crippen LogP contribution in [0.3, 0.4) is 0 Å². The first-order valence-electron chi connectivity index (χ1n) is 7.88. The van der Waals surface area contributed by atoms with Gasteiger partial charge in [-0.15, -0.1) is 0 Å². The molecule has 0 aliphatic rings. The number of aryl methyl sites for hydroxylation is 2. The van der Waals surface area contributed by atoms with Gasteiger partial charge in [0.2, 0.25) is 0 Å². The molecule has 1 N–H and O–H groups in total. The summed E-state index contributed by atoms with van der Waals surface area (Å²) in [5.41, 5.74) is -1.02.